The molecule has 0 fully saturated rings. The van der Waals surface area contributed by atoms with E-state index in [0.29, 0.717) is 5.56 Å². The van der Waals surface area contributed by atoms with Crippen molar-refractivity contribution in [3.63, 3.8) is 0 Å². The third kappa shape index (κ3) is 3.64. The van der Waals surface area contributed by atoms with Gasteiger partial charge in [0.2, 0.25) is 0 Å². The molecular weight excluding hydrogens is 324 g/mol. The second-order valence-corrected chi connectivity index (χ2v) is 6.08. The van der Waals surface area contributed by atoms with Crippen LogP contribution in [-0.2, 0) is 6.42 Å². The molecule has 0 bridgehead atoms. The molecule has 1 atom stereocenters. The molecule has 2 rings (SSSR count). The van der Waals surface area contributed by atoms with Gasteiger partial charge in [-0.2, -0.15) is 0 Å². The predicted octanol–water partition coefficient (Wildman–Crippen LogP) is 3.96. The van der Waals surface area contributed by atoms with Crippen LogP contribution in [-0.4, -0.2) is 10.9 Å². The molecule has 1 aromatic heterocycles. The molecular formula is C14H15BrN2OS. The van der Waals surface area contributed by atoms with Crippen molar-refractivity contribution in [3.05, 3.63) is 50.4 Å². The minimum Gasteiger partial charge on any atom is -0.344 e. The average molecular weight is 339 g/mol. The van der Waals surface area contributed by atoms with Crippen molar-refractivity contribution in [1.29, 1.82) is 0 Å². The van der Waals surface area contributed by atoms with Gasteiger partial charge in [-0.05, 0) is 31.5 Å². The van der Waals surface area contributed by atoms with Gasteiger partial charge < -0.3 is 5.32 Å². The van der Waals surface area contributed by atoms with Crippen LogP contribution in [0.1, 0.15) is 40.9 Å². The molecule has 1 amide bonds. The largest absolute Gasteiger partial charge is 0.344 e. The highest BCUT2D eigenvalue weighted by Gasteiger charge is 2.14. The summed E-state index contributed by atoms with van der Waals surface area (Å²) in [6.45, 7) is 4.03. The molecule has 0 aliphatic heterocycles. The Morgan fingerprint density at radius 2 is 2.32 bits per heavy atom. The lowest BCUT2D eigenvalue weighted by molar-refractivity contribution is 0.0939. The normalized spacial score (nSPS) is 12.2. The molecule has 0 spiro atoms. The maximum Gasteiger partial charge on any atom is 0.251 e. The minimum atomic E-state index is -0.0835. The zero-order valence-corrected chi connectivity index (χ0v) is 13.2. The minimum absolute atomic E-state index is 0.0805. The Hall–Kier alpha value is -1.20. The Bertz CT molecular complexity index is 582. The molecule has 1 aromatic carbocycles. The topological polar surface area (TPSA) is 42.0 Å². The van der Waals surface area contributed by atoms with Crippen LogP contribution in [0.15, 0.2) is 34.1 Å². The van der Waals surface area contributed by atoms with Crippen LogP contribution >= 0.6 is 27.3 Å². The Labute approximate surface area is 125 Å². The summed E-state index contributed by atoms with van der Waals surface area (Å²) in [5.74, 6) is -0.0835. The number of hydrogen-bond donors (Lipinski definition) is 1. The summed E-state index contributed by atoms with van der Waals surface area (Å²) in [4.78, 5) is 16.6. The maximum atomic E-state index is 12.1. The molecule has 1 N–H and O–H groups in total. The molecule has 0 aliphatic rings. The number of nitrogens with zero attached hydrogens (tertiary/aromatic N) is 1. The number of amides is 1. The maximum absolute atomic E-state index is 12.1. The SMILES string of the molecule is CCc1nc(C(C)NC(=O)c2cccc(Br)c2)cs1. The van der Waals surface area contributed by atoms with Gasteiger partial charge >= 0.3 is 0 Å². The molecule has 1 heterocycles. The summed E-state index contributed by atoms with van der Waals surface area (Å²) in [7, 11) is 0. The van der Waals surface area contributed by atoms with Crippen molar-refractivity contribution in [2.45, 2.75) is 26.3 Å². The van der Waals surface area contributed by atoms with Gasteiger partial charge in [-0.15, -0.1) is 11.3 Å². The van der Waals surface area contributed by atoms with Gasteiger partial charge in [0.05, 0.1) is 16.7 Å². The zero-order valence-electron chi connectivity index (χ0n) is 10.8. The number of hydrogen-bond acceptors (Lipinski definition) is 3. The lowest BCUT2D eigenvalue weighted by Gasteiger charge is -2.11. The van der Waals surface area contributed by atoms with Crippen LogP contribution < -0.4 is 5.32 Å². The van der Waals surface area contributed by atoms with Crippen LogP contribution in [0.2, 0.25) is 0 Å². The molecule has 0 radical (unpaired) electrons. The van der Waals surface area contributed by atoms with Crippen molar-refractivity contribution in [2.75, 3.05) is 0 Å². The Morgan fingerprint density at radius 3 is 2.95 bits per heavy atom. The van der Waals surface area contributed by atoms with Gasteiger partial charge in [0, 0.05) is 15.4 Å². The average Bonchev–Trinajstić information content (AvgIpc) is 2.87. The summed E-state index contributed by atoms with van der Waals surface area (Å²) in [6, 6.07) is 7.27. The van der Waals surface area contributed by atoms with Crippen LogP contribution in [0.4, 0.5) is 0 Å². The number of aryl methyl sites for hydroxylation is 1. The van der Waals surface area contributed by atoms with Crippen molar-refractivity contribution in [1.82, 2.24) is 10.3 Å². The smallest absolute Gasteiger partial charge is 0.251 e. The van der Waals surface area contributed by atoms with E-state index in [1.54, 1.807) is 23.5 Å². The summed E-state index contributed by atoms with van der Waals surface area (Å²) >= 11 is 5.00. The summed E-state index contributed by atoms with van der Waals surface area (Å²) < 4.78 is 0.898. The molecule has 0 saturated carbocycles. The standard InChI is InChI=1S/C14H15BrN2OS/c1-3-13-17-12(8-19-13)9(2)16-14(18)10-5-4-6-11(15)7-10/h4-9H,3H2,1-2H3,(H,16,18). The second kappa shape index (κ2) is 6.30. The molecule has 5 heteroatoms. The lowest BCUT2D eigenvalue weighted by atomic mass is 10.2. The highest BCUT2D eigenvalue weighted by molar-refractivity contribution is 9.10. The molecule has 0 aliphatic carbocycles. The number of thiazole rings is 1. The first-order valence-corrected chi connectivity index (χ1v) is 7.78. The first kappa shape index (κ1) is 14.2. The van der Waals surface area contributed by atoms with Crippen LogP contribution in [0, 0.1) is 0 Å². The lowest BCUT2D eigenvalue weighted by Crippen LogP contribution is -2.26. The van der Waals surface area contributed by atoms with Gasteiger partial charge in [-0.25, -0.2) is 4.98 Å². The van der Waals surface area contributed by atoms with Crippen LogP contribution in [0.25, 0.3) is 0 Å². The van der Waals surface area contributed by atoms with Gasteiger partial charge in [0.25, 0.3) is 5.91 Å². The fourth-order valence-corrected chi connectivity index (χ4v) is 2.91. The Balaban J connectivity index is 2.06. The van der Waals surface area contributed by atoms with Gasteiger partial charge in [0.15, 0.2) is 0 Å². The number of carbonyl (C=O) groups excluding carboxylic acids is 1. The van der Waals surface area contributed by atoms with E-state index in [0.717, 1.165) is 21.6 Å². The molecule has 100 valence electrons. The Morgan fingerprint density at radius 1 is 1.53 bits per heavy atom. The van der Waals surface area contributed by atoms with E-state index in [1.165, 1.54) is 0 Å². The zero-order chi connectivity index (χ0) is 13.8. The number of carbonyl (C=O) groups is 1. The van der Waals surface area contributed by atoms with E-state index >= 15 is 0 Å². The number of halogens is 1. The summed E-state index contributed by atoms with van der Waals surface area (Å²) in [6.07, 6.45) is 0.928. The van der Waals surface area contributed by atoms with Crippen LogP contribution in [0.3, 0.4) is 0 Å². The van der Waals surface area contributed by atoms with Crippen molar-refractivity contribution >= 4 is 33.2 Å². The molecule has 2 aromatic rings. The first-order chi connectivity index (χ1) is 9.10. The van der Waals surface area contributed by atoms with E-state index < -0.39 is 0 Å². The third-order valence-corrected chi connectivity index (χ3v) is 4.25. The van der Waals surface area contributed by atoms with Gasteiger partial charge in [-0.1, -0.05) is 28.9 Å². The molecule has 0 saturated heterocycles. The highest BCUT2D eigenvalue weighted by atomic mass is 79.9. The van der Waals surface area contributed by atoms with E-state index in [1.807, 2.05) is 24.4 Å². The summed E-state index contributed by atoms with van der Waals surface area (Å²) in [5.41, 5.74) is 1.57. The predicted molar refractivity (Wildman–Crippen MR) is 81.5 cm³/mol. The number of rotatable bonds is 4. The number of aromatic nitrogens is 1. The fraction of sp³-hybridized carbons (Fsp3) is 0.286. The van der Waals surface area contributed by atoms with Gasteiger partial charge in [0.1, 0.15) is 0 Å². The highest BCUT2D eigenvalue weighted by Crippen LogP contribution is 2.18. The van der Waals surface area contributed by atoms with E-state index in [4.69, 9.17) is 0 Å². The van der Waals surface area contributed by atoms with E-state index in [-0.39, 0.29) is 11.9 Å². The van der Waals surface area contributed by atoms with Crippen molar-refractivity contribution < 1.29 is 4.79 Å². The molecule has 3 nitrogen and oxygen atoms in total. The molecule has 1 unspecified atom stereocenters. The van der Waals surface area contributed by atoms with Gasteiger partial charge in [-0.3, -0.25) is 4.79 Å². The fourth-order valence-electron chi connectivity index (χ4n) is 1.67. The van der Waals surface area contributed by atoms with Crippen LogP contribution in [0.5, 0.6) is 0 Å². The Kier molecular flexibility index (Phi) is 4.71. The third-order valence-electron chi connectivity index (χ3n) is 2.75. The number of nitrogens with one attached hydrogen (secondary N) is 1. The quantitative estimate of drug-likeness (QED) is 0.916. The van der Waals surface area contributed by atoms with E-state index in [9.17, 15) is 4.79 Å². The monoisotopic (exact) mass is 338 g/mol. The second-order valence-electron chi connectivity index (χ2n) is 4.23. The van der Waals surface area contributed by atoms with E-state index in [2.05, 4.69) is 33.2 Å². The summed E-state index contributed by atoms with van der Waals surface area (Å²) in [5, 5.41) is 6.06. The van der Waals surface area contributed by atoms with Crippen molar-refractivity contribution in [2.24, 2.45) is 0 Å². The number of benzene rings is 1. The van der Waals surface area contributed by atoms with Crippen molar-refractivity contribution in [3.8, 4) is 0 Å². The first-order valence-electron chi connectivity index (χ1n) is 6.11. The molecule has 19 heavy (non-hydrogen) atoms.